The van der Waals surface area contributed by atoms with Crippen LogP contribution in [0.1, 0.15) is 10.4 Å². The van der Waals surface area contributed by atoms with Gasteiger partial charge in [-0.2, -0.15) is 0 Å². The van der Waals surface area contributed by atoms with E-state index in [2.05, 4.69) is 10.6 Å². The number of primary amides is 1. The number of para-hydroxylation sites is 1. The summed E-state index contributed by atoms with van der Waals surface area (Å²) < 4.78 is 0. The Morgan fingerprint density at radius 1 is 1.44 bits per heavy atom. The van der Waals surface area contributed by atoms with Crippen LogP contribution in [0.3, 0.4) is 0 Å². The van der Waals surface area contributed by atoms with E-state index in [4.69, 9.17) is 5.73 Å². The molecule has 0 aliphatic heterocycles. The molecule has 8 heteroatoms. The Hall–Kier alpha value is -2.64. The molecule has 0 aromatic heterocycles. The zero-order valence-electron chi connectivity index (χ0n) is 9.60. The lowest BCUT2D eigenvalue weighted by Crippen LogP contribution is -2.33. The molecule has 0 atom stereocenters. The van der Waals surface area contributed by atoms with Gasteiger partial charge in [-0.05, 0) is 6.07 Å². The molecular formula is C10H12N4O4. The quantitative estimate of drug-likeness (QED) is 0.496. The number of carbonyl (C=O) groups is 2. The number of benzene rings is 1. The van der Waals surface area contributed by atoms with Gasteiger partial charge in [0.2, 0.25) is 5.91 Å². The second-order valence-electron chi connectivity index (χ2n) is 3.36. The summed E-state index contributed by atoms with van der Waals surface area (Å²) in [6.45, 7) is -0.329. The Labute approximate surface area is 102 Å². The van der Waals surface area contributed by atoms with Gasteiger partial charge < -0.3 is 16.4 Å². The van der Waals surface area contributed by atoms with Crippen molar-refractivity contribution in [3.63, 3.8) is 0 Å². The van der Waals surface area contributed by atoms with Crippen LogP contribution in [0.4, 0.5) is 11.4 Å². The highest BCUT2D eigenvalue weighted by Gasteiger charge is 2.20. The van der Waals surface area contributed by atoms with Crippen LogP contribution in [0.2, 0.25) is 0 Å². The predicted octanol–water partition coefficient (Wildman–Crippen LogP) is -0.148. The van der Waals surface area contributed by atoms with E-state index < -0.39 is 16.7 Å². The number of anilines is 1. The standard InChI is InChI=1S/C10H12N4O4/c1-12-9-6(10(16)13-5-8(11)15)3-2-4-7(9)14(17)18/h2-4,12H,5H2,1H3,(H2,11,15)(H,13,16). The third-order valence-corrected chi connectivity index (χ3v) is 2.16. The maximum Gasteiger partial charge on any atom is 0.293 e. The largest absolute Gasteiger partial charge is 0.382 e. The van der Waals surface area contributed by atoms with Crippen molar-refractivity contribution < 1.29 is 14.5 Å². The smallest absolute Gasteiger partial charge is 0.293 e. The number of carbonyl (C=O) groups excluding carboxylic acids is 2. The summed E-state index contributed by atoms with van der Waals surface area (Å²) >= 11 is 0. The molecule has 0 unspecified atom stereocenters. The van der Waals surface area contributed by atoms with Gasteiger partial charge in [-0.25, -0.2) is 0 Å². The van der Waals surface area contributed by atoms with Crippen molar-refractivity contribution in [3.8, 4) is 0 Å². The lowest BCUT2D eigenvalue weighted by molar-refractivity contribution is -0.384. The van der Waals surface area contributed by atoms with E-state index in [1.807, 2.05) is 0 Å². The van der Waals surface area contributed by atoms with E-state index >= 15 is 0 Å². The van der Waals surface area contributed by atoms with Crippen LogP contribution in [-0.2, 0) is 4.79 Å². The van der Waals surface area contributed by atoms with E-state index in [0.717, 1.165) is 0 Å². The zero-order valence-corrected chi connectivity index (χ0v) is 9.60. The first-order valence-electron chi connectivity index (χ1n) is 4.99. The molecule has 0 heterocycles. The Kier molecular flexibility index (Phi) is 4.19. The summed E-state index contributed by atoms with van der Waals surface area (Å²) in [7, 11) is 1.47. The summed E-state index contributed by atoms with van der Waals surface area (Å²) in [6, 6.07) is 4.07. The van der Waals surface area contributed by atoms with E-state index in [-0.39, 0.29) is 23.5 Å². The molecular weight excluding hydrogens is 240 g/mol. The van der Waals surface area contributed by atoms with E-state index in [0.29, 0.717) is 0 Å². The third-order valence-electron chi connectivity index (χ3n) is 2.16. The average Bonchev–Trinajstić information content (AvgIpc) is 2.34. The molecule has 0 fully saturated rings. The number of amides is 2. The van der Waals surface area contributed by atoms with Gasteiger partial charge in [0, 0.05) is 13.1 Å². The molecule has 0 bridgehead atoms. The molecule has 0 saturated heterocycles. The monoisotopic (exact) mass is 252 g/mol. The maximum atomic E-state index is 11.7. The van der Waals surface area contributed by atoms with E-state index in [1.165, 1.54) is 25.2 Å². The highest BCUT2D eigenvalue weighted by molar-refractivity contribution is 6.02. The topological polar surface area (TPSA) is 127 Å². The number of nitrogens with two attached hydrogens (primary N) is 1. The normalized spacial score (nSPS) is 9.61. The SMILES string of the molecule is CNc1c(C(=O)NCC(N)=O)cccc1[N+](=O)[O-]. The Morgan fingerprint density at radius 3 is 2.61 bits per heavy atom. The molecule has 0 saturated carbocycles. The molecule has 0 spiro atoms. The molecule has 2 amide bonds. The van der Waals surface area contributed by atoms with Crippen molar-refractivity contribution >= 4 is 23.2 Å². The van der Waals surface area contributed by atoms with Gasteiger partial charge in [-0.3, -0.25) is 19.7 Å². The highest BCUT2D eigenvalue weighted by Crippen LogP contribution is 2.27. The summed E-state index contributed by atoms with van der Waals surface area (Å²) in [6.07, 6.45) is 0. The summed E-state index contributed by atoms with van der Waals surface area (Å²) in [5.41, 5.74) is 4.84. The molecule has 1 rings (SSSR count). The molecule has 18 heavy (non-hydrogen) atoms. The summed E-state index contributed by atoms with van der Waals surface area (Å²) in [5.74, 6) is -1.30. The minimum absolute atomic E-state index is 0.0768. The van der Waals surface area contributed by atoms with Gasteiger partial charge >= 0.3 is 0 Å². The first-order valence-corrected chi connectivity index (χ1v) is 4.99. The van der Waals surface area contributed by atoms with Crippen molar-refractivity contribution in [2.75, 3.05) is 18.9 Å². The Bertz CT molecular complexity index is 501. The van der Waals surface area contributed by atoms with Crippen LogP contribution in [0.25, 0.3) is 0 Å². The van der Waals surface area contributed by atoms with Gasteiger partial charge in [0.15, 0.2) is 0 Å². The number of nitrogens with zero attached hydrogens (tertiary/aromatic N) is 1. The molecule has 8 nitrogen and oxygen atoms in total. The van der Waals surface area contributed by atoms with Crippen molar-refractivity contribution in [1.82, 2.24) is 5.32 Å². The van der Waals surface area contributed by atoms with Gasteiger partial charge in [0.05, 0.1) is 17.0 Å². The Balaban J connectivity index is 3.08. The van der Waals surface area contributed by atoms with E-state index in [1.54, 1.807) is 0 Å². The molecule has 0 aliphatic carbocycles. The van der Waals surface area contributed by atoms with Crippen LogP contribution < -0.4 is 16.4 Å². The second kappa shape index (κ2) is 5.62. The van der Waals surface area contributed by atoms with Gasteiger partial charge in [0.1, 0.15) is 5.69 Å². The van der Waals surface area contributed by atoms with Crippen LogP contribution in [0.5, 0.6) is 0 Å². The van der Waals surface area contributed by atoms with Crippen LogP contribution >= 0.6 is 0 Å². The number of nitro groups is 1. The molecule has 0 radical (unpaired) electrons. The molecule has 0 aliphatic rings. The van der Waals surface area contributed by atoms with Crippen molar-refractivity contribution in [2.24, 2.45) is 5.73 Å². The molecule has 96 valence electrons. The van der Waals surface area contributed by atoms with E-state index in [9.17, 15) is 19.7 Å². The Morgan fingerprint density at radius 2 is 2.11 bits per heavy atom. The third kappa shape index (κ3) is 2.94. The van der Waals surface area contributed by atoms with Gasteiger partial charge in [-0.1, -0.05) is 6.07 Å². The zero-order chi connectivity index (χ0) is 13.7. The fourth-order valence-electron chi connectivity index (χ4n) is 1.41. The predicted molar refractivity (Wildman–Crippen MR) is 64.2 cm³/mol. The molecule has 1 aromatic carbocycles. The number of hydrogen-bond donors (Lipinski definition) is 3. The van der Waals surface area contributed by atoms with Crippen molar-refractivity contribution in [3.05, 3.63) is 33.9 Å². The highest BCUT2D eigenvalue weighted by atomic mass is 16.6. The molecule has 4 N–H and O–H groups in total. The fourth-order valence-corrected chi connectivity index (χ4v) is 1.41. The minimum atomic E-state index is -0.695. The number of nitro benzene ring substituents is 1. The van der Waals surface area contributed by atoms with Crippen molar-refractivity contribution in [1.29, 1.82) is 0 Å². The first kappa shape index (κ1) is 13.4. The lowest BCUT2D eigenvalue weighted by Gasteiger charge is -2.09. The average molecular weight is 252 g/mol. The number of nitrogens with one attached hydrogen (secondary N) is 2. The van der Waals surface area contributed by atoms with Crippen LogP contribution in [0, 0.1) is 10.1 Å². The van der Waals surface area contributed by atoms with Gasteiger partial charge in [-0.15, -0.1) is 0 Å². The van der Waals surface area contributed by atoms with Crippen LogP contribution in [0.15, 0.2) is 18.2 Å². The number of rotatable bonds is 5. The van der Waals surface area contributed by atoms with Crippen molar-refractivity contribution in [2.45, 2.75) is 0 Å². The van der Waals surface area contributed by atoms with Gasteiger partial charge in [0.25, 0.3) is 11.6 Å². The second-order valence-corrected chi connectivity index (χ2v) is 3.36. The molecule has 1 aromatic rings. The fraction of sp³-hybridized carbons (Fsp3) is 0.200. The summed E-state index contributed by atoms with van der Waals surface area (Å²) in [4.78, 5) is 32.5. The summed E-state index contributed by atoms with van der Waals surface area (Å²) in [5, 5.41) is 15.6. The minimum Gasteiger partial charge on any atom is -0.382 e. The maximum absolute atomic E-state index is 11.7. The first-order chi connectivity index (χ1) is 8.47. The lowest BCUT2D eigenvalue weighted by atomic mass is 10.1. The van der Waals surface area contributed by atoms with Crippen LogP contribution in [-0.4, -0.2) is 30.3 Å². The number of hydrogen-bond acceptors (Lipinski definition) is 5.